The number of nitrogens with zero attached hydrogens (tertiary/aromatic N) is 1. The van der Waals surface area contributed by atoms with E-state index in [-0.39, 0.29) is 18.5 Å². The number of carbonyl (C=O) groups excluding carboxylic acids is 1. The van der Waals surface area contributed by atoms with Gasteiger partial charge in [0.25, 0.3) is 0 Å². The highest BCUT2D eigenvalue weighted by molar-refractivity contribution is 5.79. The Morgan fingerprint density at radius 3 is 1.97 bits per heavy atom. The zero-order chi connectivity index (χ0) is 22.2. The zero-order valence-corrected chi connectivity index (χ0v) is 17.9. The monoisotopic (exact) mass is 430 g/mol. The third-order valence-electron chi connectivity index (χ3n) is 5.17. The summed E-state index contributed by atoms with van der Waals surface area (Å²) in [6.45, 7) is 1.19. The first kappa shape index (κ1) is 21.5. The van der Waals surface area contributed by atoms with Crippen LogP contribution in [0.1, 0.15) is 28.7 Å². The summed E-state index contributed by atoms with van der Waals surface area (Å²) in [5, 5.41) is 3.19. The maximum absolute atomic E-state index is 13.2. The molecule has 4 aromatic rings. The van der Waals surface area contributed by atoms with E-state index < -0.39 is 0 Å². The van der Waals surface area contributed by atoms with Crippen LogP contribution < -0.4 is 10.1 Å². The highest BCUT2D eigenvalue weighted by atomic mass is 16.5. The molecule has 0 saturated heterocycles. The van der Waals surface area contributed by atoms with Crippen molar-refractivity contribution in [3.8, 4) is 5.75 Å². The SMILES string of the molecule is COc1ccc(C(NC(=O)CN(Cc2ccco2)Cc2ccco2)c2ccccc2)cc1. The molecule has 0 fully saturated rings. The van der Waals surface area contributed by atoms with Crippen LogP contribution in [-0.2, 0) is 17.9 Å². The number of amides is 1. The van der Waals surface area contributed by atoms with Crippen LogP contribution in [0.3, 0.4) is 0 Å². The maximum Gasteiger partial charge on any atom is 0.234 e. The van der Waals surface area contributed by atoms with E-state index in [4.69, 9.17) is 13.6 Å². The molecule has 4 rings (SSSR count). The van der Waals surface area contributed by atoms with Gasteiger partial charge in [0.1, 0.15) is 17.3 Å². The summed E-state index contributed by atoms with van der Waals surface area (Å²) >= 11 is 0. The molecular formula is C26H26N2O4. The number of methoxy groups -OCH3 is 1. The molecule has 0 saturated carbocycles. The Morgan fingerprint density at radius 2 is 1.44 bits per heavy atom. The average Bonchev–Trinajstić information content (AvgIpc) is 3.53. The van der Waals surface area contributed by atoms with E-state index in [1.165, 1.54) is 0 Å². The molecule has 0 aliphatic carbocycles. The first-order valence-corrected chi connectivity index (χ1v) is 10.5. The van der Waals surface area contributed by atoms with Gasteiger partial charge >= 0.3 is 0 Å². The van der Waals surface area contributed by atoms with Gasteiger partial charge in [-0.25, -0.2) is 0 Å². The number of benzene rings is 2. The molecule has 1 atom stereocenters. The first-order valence-electron chi connectivity index (χ1n) is 10.5. The second-order valence-corrected chi connectivity index (χ2v) is 7.49. The molecule has 6 nitrogen and oxygen atoms in total. The highest BCUT2D eigenvalue weighted by Crippen LogP contribution is 2.24. The molecule has 1 amide bonds. The summed E-state index contributed by atoms with van der Waals surface area (Å²) in [5.41, 5.74) is 1.99. The summed E-state index contributed by atoms with van der Waals surface area (Å²) in [6, 6.07) is 24.9. The lowest BCUT2D eigenvalue weighted by molar-refractivity contribution is -0.123. The molecule has 32 heavy (non-hydrogen) atoms. The summed E-state index contributed by atoms with van der Waals surface area (Å²) in [7, 11) is 1.64. The average molecular weight is 431 g/mol. The molecule has 0 radical (unpaired) electrons. The van der Waals surface area contributed by atoms with E-state index in [2.05, 4.69) is 5.32 Å². The van der Waals surface area contributed by atoms with Crippen LogP contribution in [-0.4, -0.2) is 24.5 Å². The third kappa shape index (κ3) is 5.68. The molecule has 1 N–H and O–H groups in total. The van der Waals surface area contributed by atoms with Gasteiger partial charge in [-0.1, -0.05) is 42.5 Å². The van der Waals surface area contributed by atoms with Crippen molar-refractivity contribution in [3.05, 3.63) is 114 Å². The zero-order valence-electron chi connectivity index (χ0n) is 17.9. The minimum atomic E-state index is -0.274. The van der Waals surface area contributed by atoms with Gasteiger partial charge in [-0.05, 0) is 47.5 Å². The number of hydrogen-bond donors (Lipinski definition) is 1. The number of nitrogens with one attached hydrogen (secondary N) is 1. The number of rotatable bonds is 10. The lowest BCUT2D eigenvalue weighted by Gasteiger charge is -2.24. The highest BCUT2D eigenvalue weighted by Gasteiger charge is 2.20. The summed E-state index contributed by atoms with van der Waals surface area (Å²) in [6.07, 6.45) is 3.27. The predicted octanol–water partition coefficient (Wildman–Crippen LogP) is 4.79. The van der Waals surface area contributed by atoms with Crippen molar-refractivity contribution in [2.24, 2.45) is 0 Å². The number of ether oxygens (including phenoxy) is 1. The van der Waals surface area contributed by atoms with Crippen molar-refractivity contribution in [2.75, 3.05) is 13.7 Å². The van der Waals surface area contributed by atoms with Gasteiger partial charge in [0.15, 0.2) is 0 Å². The normalized spacial score (nSPS) is 11.9. The Hall–Kier alpha value is -3.77. The van der Waals surface area contributed by atoms with Crippen LogP contribution >= 0.6 is 0 Å². The Balaban J connectivity index is 1.51. The van der Waals surface area contributed by atoms with Crippen molar-refractivity contribution >= 4 is 5.91 Å². The van der Waals surface area contributed by atoms with Gasteiger partial charge in [0.2, 0.25) is 5.91 Å². The van der Waals surface area contributed by atoms with Crippen LogP contribution in [0.15, 0.2) is 100 Å². The summed E-state index contributed by atoms with van der Waals surface area (Å²) in [4.78, 5) is 15.1. The van der Waals surface area contributed by atoms with Crippen molar-refractivity contribution in [1.29, 1.82) is 0 Å². The molecule has 0 aliphatic heterocycles. The molecule has 0 aliphatic rings. The number of furan rings is 2. The van der Waals surface area contributed by atoms with Crippen LogP contribution in [0, 0.1) is 0 Å². The molecule has 6 heteroatoms. The van der Waals surface area contributed by atoms with Crippen LogP contribution in [0.5, 0.6) is 5.75 Å². The number of hydrogen-bond acceptors (Lipinski definition) is 5. The van der Waals surface area contributed by atoms with E-state index >= 15 is 0 Å². The van der Waals surface area contributed by atoms with Crippen molar-refractivity contribution in [3.63, 3.8) is 0 Å². The van der Waals surface area contributed by atoms with Gasteiger partial charge in [-0.3, -0.25) is 9.69 Å². The van der Waals surface area contributed by atoms with Crippen molar-refractivity contribution in [2.45, 2.75) is 19.1 Å². The van der Waals surface area contributed by atoms with Gasteiger partial charge in [0, 0.05) is 0 Å². The van der Waals surface area contributed by atoms with Gasteiger partial charge in [-0.15, -0.1) is 0 Å². The molecule has 2 aromatic carbocycles. The van der Waals surface area contributed by atoms with Gasteiger partial charge in [-0.2, -0.15) is 0 Å². The Morgan fingerprint density at radius 1 is 0.844 bits per heavy atom. The third-order valence-corrected chi connectivity index (χ3v) is 5.17. The van der Waals surface area contributed by atoms with Crippen molar-refractivity contribution in [1.82, 2.24) is 10.2 Å². The van der Waals surface area contributed by atoms with E-state index in [9.17, 15) is 4.79 Å². The molecule has 164 valence electrons. The Labute approximate surface area is 187 Å². The fourth-order valence-electron chi connectivity index (χ4n) is 3.62. The molecule has 2 heterocycles. The van der Waals surface area contributed by atoms with Crippen LogP contribution in [0.2, 0.25) is 0 Å². The topological polar surface area (TPSA) is 67.8 Å². The fourth-order valence-corrected chi connectivity index (χ4v) is 3.62. The molecule has 0 bridgehead atoms. The van der Waals surface area contributed by atoms with E-state index in [1.807, 2.05) is 83.8 Å². The lowest BCUT2D eigenvalue weighted by Crippen LogP contribution is -2.38. The molecule has 2 aromatic heterocycles. The van der Waals surface area contributed by atoms with E-state index in [1.54, 1.807) is 19.6 Å². The van der Waals surface area contributed by atoms with Gasteiger partial charge < -0.3 is 18.9 Å². The Bertz CT molecular complexity index is 1040. The standard InChI is InChI=1S/C26H26N2O4/c1-30-22-13-11-21(12-14-22)26(20-7-3-2-4-8-20)27-25(29)19-28(17-23-9-5-15-31-23)18-24-10-6-16-32-24/h2-16,26H,17-19H2,1H3,(H,27,29). The van der Waals surface area contributed by atoms with Crippen LogP contribution in [0.25, 0.3) is 0 Å². The van der Waals surface area contributed by atoms with Crippen molar-refractivity contribution < 1.29 is 18.4 Å². The minimum Gasteiger partial charge on any atom is -0.497 e. The van der Waals surface area contributed by atoms with E-state index in [0.717, 1.165) is 28.4 Å². The predicted molar refractivity (Wildman–Crippen MR) is 121 cm³/mol. The molecule has 0 spiro atoms. The summed E-state index contributed by atoms with van der Waals surface area (Å²) < 4.78 is 16.3. The Kier molecular flexibility index (Phi) is 7.05. The maximum atomic E-state index is 13.2. The van der Waals surface area contributed by atoms with Gasteiger partial charge in [0.05, 0.1) is 45.3 Å². The largest absolute Gasteiger partial charge is 0.497 e. The summed E-state index contributed by atoms with van der Waals surface area (Å²) in [5.74, 6) is 2.26. The van der Waals surface area contributed by atoms with E-state index in [0.29, 0.717) is 13.1 Å². The fraction of sp³-hybridized carbons (Fsp3) is 0.192. The molecule has 1 unspecified atom stereocenters. The lowest BCUT2D eigenvalue weighted by atomic mass is 9.98. The second-order valence-electron chi connectivity index (χ2n) is 7.49. The number of carbonyl (C=O) groups is 1. The van der Waals surface area contributed by atoms with Crippen LogP contribution in [0.4, 0.5) is 0 Å². The first-order chi connectivity index (χ1) is 15.7. The molecular weight excluding hydrogens is 404 g/mol. The quantitative estimate of drug-likeness (QED) is 0.392. The minimum absolute atomic E-state index is 0.0900. The smallest absolute Gasteiger partial charge is 0.234 e. The second kappa shape index (κ2) is 10.5.